The summed E-state index contributed by atoms with van der Waals surface area (Å²) in [4.78, 5) is 9.10. The monoisotopic (exact) mass is 625 g/mol. The minimum atomic E-state index is -10.7. The van der Waals surface area contributed by atoms with Crippen molar-refractivity contribution < 1.29 is 25.2 Å². The predicted molar refractivity (Wildman–Crippen MR) is 161 cm³/mol. The first-order valence-corrected chi connectivity index (χ1v) is 16.0. The van der Waals surface area contributed by atoms with E-state index in [1.807, 2.05) is 11.3 Å². The van der Waals surface area contributed by atoms with Gasteiger partial charge in [-0.1, -0.05) is 18.3 Å². The van der Waals surface area contributed by atoms with Crippen LogP contribution in [0.1, 0.15) is 18.7 Å². The summed E-state index contributed by atoms with van der Waals surface area (Å²) in [6, 6.07) is 18.0. The first kappa shape index (κ1) is 31.3. The molecule has 0 unspecified atom stereocenters. The van der Waals surface area contributed by atoms with Crippen LogP contribution in [0.4, 0.5) is 30.9 Å². The zero-order valence-electron chi connectivity index (χ0n) is 22.3. The van der Waals surface area contributed by atoms with Gasteiger partial charge in [-0.25, -0.2) is 4.58 Å². The number of thiocarbonyl (C=S) groups is 1. The Morgan fingerprint density at radius 1 is 0.846 bits per heavy atom. The summed E-state index contributed by atoms with van der Waals surface area (Å²) in [5.41, 5.74) is 3.83. The van der Waals surface area contributed by atoms with E-state index in [1.165, 1.54) is 46.9 Å². The third-order valence-electron chi connectivity index (χ3n) is 5.84. The number of rotatable bonds is 5. The number of hydrogen-bond acceptors (Lipinski definition) is 4. The quantitative estimate of drug-likeness (QED) is 0.0720. The molecule has 0 N–H and O–H groups in total. The van der Waals surface area contributed by atoms with Crippen molar-refractivity contribution in [1.29, 1.82) is 0 Å². The average Bonchev–Trinajstić information content (AvgIpc) is 3.30. The molecule has 2 aliphatic rings. The van der Waals surface area contributed by atoms with Crippen LogP contribution in [0.15, 0.2) is 48.5 Å². The summed E-state index contributed by atoms with van der Waals surface area (Å²) in [6.45, 7) is 6.19. The fraction of sp³-hybridized carbons (Fsp3) is 0.308. The second-order valence-corrected chi connectivity index (χ2v) is 13.7. The van der Waals surface area contributed by atoms with Crippen molar-refractivity contribution in [2.45, 2.75) is 13.8 Å². The minimum absolute atomic E-state index is 0.933. The molecule has 0 atom stereocenters. The standard InChI is InChI=1S/C26H30N3S3.F6P/c1-7-29(8-2)26(30)22-14-13-21(31-22)25-19-11-9-17(27(3)4)15-23(19)32-24-16-18(28(5)6)10-12-20(24)25;1-7(2,3,4,5)6/h9-16H,7-8H2,1-6H3;/q+1;-1. The van der Waals surface area contributed by atoms with Gasteiger partial charge in [0.15, 0.2) is 0 Å². The van der Waals surface area contributed by atoms with Crippen LogP contribution < -0.4 is 14.8 Å². The van der Waals surface area contributed by atoms with Crippen molar-refractivity contribution in [2.24, 2.45) is 0 Å². The van der Waals surface area contributed by atoms with E-state index in [2.05, 4.69) is 105 Å². The first-order valence-electron chi connectivity index (χ1n) is 11.9. The van der Waals surface area contributed by atoms with Crippen LogP contribution in [0.2, 0.25) is 0 Å². The van der Waals surface area contributed by atoms with Gasteiger partial charge in [-0.15, -0.1) is 22.7 Å². The summed E-state index contributed by atoms with van der Waals surface area (Å²) in [5, 5.41) is 2.52. The molecule has 1 aliphatic carbocycles. The van der Waals surface area contributed by atoms with Crippen LogP contribution >= 0.6 is 42.7 Å². The number of nitrogens with zero attached hydrogens (tertiary/aromatic N) is 3. The van der Waals surface area contributed by atoms with Crippen LogP contribution in [-0.4, -0.2) is 51.2 Å². The van der Waals surface area contributed by atoms with Gasteiger partial charge in [0.1, 0.15) is 19.1 Å². The molecule has 13 heteroatoms. The molecule has 4 rings (SSSR count). The van der Waals surface area contributed by atoms with Crippen LogP contribution in [0.5, 0.6) is 0 Å². The molecule has 2 heterocycles. The zero-order chi connectivity index (χ0) is 29.4. The van der Waals surface area contributed by atoms with E-state index in [0.717, 1.165) is 18.1 Å². The van der Waals surface area contributed by atoms with Gasteiger partial charge < -0.3 is 9.80 Å². The van der Waals surface area contributed by atoms with Crippen LogP contribution in [-0.2, 0) is 0 Å². The number of benzene rings is 2. The molecule has 0 spiro atoms. The fourth-order valence-corrected chi connectivity index (χ4v) is 6.60. The van der Waals surface area contributed by atoms with E-state index in [4.69, 9.17) is 12.2 Å². The van der Waals surface area contributed by atoms with E-state index in [9.17, 15) is 25.2 Å². The molecule has 0 amide bonds. The van der Waals surface area contributed by atoms with Crippen molar-refractivity contribution >= 4 is 63.5 Å². The fourth-order valence-electron chi connectivity index (χ4n) is 3.94. The predicted octanol–water partition coefficient (Wildman–Crippen LogP) is 9.23. The molecule has 0 saturated heterocycles. The molecular weight excluding hydrogens is 595 g/mol. The first-order chi connectivity index (χ1) is 17.8. The Labute approximate surface area is 237 Å². The molecule has 3 nitrogen and oxygen atoms in total. The zero-order valence-corrected chi connectivity index (χ0v) is 25.7. The van der Waals surface area contributed by atoms with Crippen molar-refractivity contribution in [1.82, 2.24) is 9.48 Å². The molecule has 2 aromatic rings. The maximum atomic E-state index is 9.87. The van der Waals surface area contributed by atoms with E-state index in [1.54, 1.807) is 11.3 Å². The maximum absolute atomic E-state index is 10.7. The van der Waals surface area contributed by atoms with Gasteiger partial charge in [-0.3, -0.25) is 0 Å². The van der Waals surface area contributed by atoms with Gasteiger partial charge in [0, 0.05) is 76.0 Å². The Morgan fingerprint density at radius 2 is 1.46 bits per heavy atom. The SMILES string of the molecule is CCN(CC)C(=S)c1ccc(-c2c3ccc(=[N+](C)C)cc-3sc3cc(N(C)C)ccc23)s1.F[P-](F)(F)(F)(F)F. The van der Waals surface area contributed by atoms with Crippen LogP contribution in [0.25, 0.3) is 31.0 Å². The summed E-state index contributed by atoms with van der Waals surface area (Å²) >= 11 is 9.48. The Morgan fingerprint density at radius 3 is 2.00 bits per heavy atom. The third-order valence-corrected chi connectivity index (χ3v) is 8.67. The van der Waals surface area contributed by atoms with Crippen LogP contribution in [0.3, 0.4) is 0 Å². The number of halogens is 6. The molecule has 0 bridgehead atoms. The normalized spacial score (nSPS) is 13.3. The van der Waals surface area contributed by atoms with Gasteiger partial charge in [0.25, 0.3) is 0 Å². The number of fused-ring (bicyclic) bond motifs is 2. The van der Waals surface area contributed by atoms with E-state index in [0.29, 0.717) is 0 Å². The molecule has 214 valence electrons. The third kappa shape index (κ3) is 8.61. The summed E-state index contributed by atoms with van der Waals surface area (Å²) in [5.74, 6) is 0. The second kappa shape index (κ2) is 10.6. The Kier molecular flexibility index (Phi) is 8.51. The van der Waals surface area contributed by atoms with Crippen molar-refractivity contribution in [2.75, 3.05) is 46.2 Å². The topological polar surface area (TPSA) is 9.49 Å². The number of hydrogen-bond donors (Lipinski definition) is 0. The van der Waals surface area contributed by atoms with Gasteiger partial charge in [-0.05, 0) is 44.2 Å². The van der Waals surface area contributed by atoms with Gasteiger partial charge >= 0.3 is 33.0 Å². The van der Waals surface area contributed by atoms with Crippen LogP contribution in [0, 0.1) is 0 Å². The summed E-state index contributed by atoms with van der Waals surface area (Å²) in [6.07, 6.45) is 0. The molecule has 0 radical (unpaired) electrons. The summed E-state index contributed by atoms with van der Waals surface area (Å²) < 4.78 is 62.7. The Balaban J connectivity index is 0.000000532. The van der Waals surface area contributed by atoms with Crippen molar-refractivity contribution in [3.05, 3.63) is 58.8 Å². The van der Waals surface area contributed by atoms with E-state index < -0.39 is 7.81 Å². The number of thiophene rings is 1. The molecule has 1 aromatic heterocycles. The molecule has 1 aromatic carbocycles. The Hall–Kier alpha value is -2.27. The second-order valence-electron chi connectivity index (χ2n) is 9.23. The van der Waals surface area contributed by atoms with E-state index in [-0.39, 0.29) is 0 Å². The summed E-state index contributed by atoms with van der Waals surface area (Å²) in [7, 11) is -2.28. The van der Waals surface area contributed by atoms with Gasteiger partial charge in [0.05, 0.1) is 4.88 Å². The molecular formula is C26H30F6N3PS3. The molecule has 39 heavy (non-hydrogen) atoms. The van der Waals surface area contributed by atoms with E-state index >= 15 is 0 Å². The molecule has 0 saturated carbocycles. The van der Waals surface area contributed by atoms with Gasteiger partial charge in [-0.2, -0.15) is 0 Å². The molecule has 1 aliphatic heterocycles. The number of anilines is 1. The average molecular weight is 626 g/mol. The van der Waals surface area contributed by atoms with Gasteiger partial charge in [0.2, 0.25) is 5.36 Å². The molecule has 0 fully saturated rings. The van der Waals surface area contributed by atoms with Crippen molar-refractivity contribution in [3.63, 3.8) is 0 Å². The Bertz CT molecular complexity index is 1540. The van der Waals surface area contributed by atoms with Crippen molar-refractivity contribution in [3.8, 4) is 20.9 Å².